The van der Waals surface area contributed by atoms with Crippen LogP contribution in [-0.4, -0.2) is 26.4 Å². The van der Waals surface area contributed by atoms with E-state index in [2.05, 4.69) is 18.3 Å². The molecule has 1 aromatic carbocycles. The maximum atomic E-state index is 6.11. The molecule has 1 aromatic rings. The molecule has 0 saturated carbocycles. The number of nitrogens with one attached hydrogen (secondary N) is 1. The van der Waals surface area contributed by atoms with Crippen molar-refractivity contribution in [3.8, 4) is 5.75 Å². The van der Waals surface area contributed by atoms with Crippen LogP contribution in [-0.2, 0) is 4.74 Å². The zero-order valence-electron chi connectivity index (χ0n) is 12.3. The normalized spacial score (nSPS) is 20.6. The van der Waals surface area contributed by atoms with Crippen molar-refractivity contribution in [2.75, 3.05) is 20.3 Å². The summed E-state index contributed by atoms with van der Waals surface area (Å²) in [4.78, 5) is 0. The van der Waals surface area contributed by atoms with Gasteiger partial charge in [0.2, 0.25) is 0 Å². The lowest BCUT2D eigenvalue weighted by Gasteiger charge is -2.31. The zero-order chi connectivity index (χ0) is 14.4. The Bertz CT molecular complexity index is 419. The molecule has 1 saturated heterocycles. The standard InChI is InChI=1S/C16H24ClNO2/c1-3-9-18-16(14-6-4-5-10-20-14)12-7-8-13(17)15(11-12)19-2/h7-8,11,14,16,18H,3-6,9-10H2,1-2H3. The van der Waals surface area contributed by atoms with E-state index in [1.54, 1.807) is 7.11 Å². The lowest BCUT2D eigenvalue weighted by atomic mass is 9.95. The smallest absolute Gasteiger partial charge is 0.137 e. The highest BCUT2D eigenvalue weighted by atomic mass is 35.5. The Morgan fingerprint density at radius 2 is 2.30 bits per heavy atom. The van der Waals surface area contributed by atoms with Gasteiger partial charge in [0, 0.05) is 6.61 Å². The van der Waals surface area contributed by atoms with Crippen molar-refractivity contribution in [3.63, 3.8) is 0 Å². The molecule has 0 spiro atoms. The summed E-state index contributed by atoms with van der Waals surface area (Å²) in [6, 6.07) is 6.20. The lowest BCUT2D eigenvalue weighted by Crippen LogP contribution is -2.36. The summed E-state index contributed by atoms with van der Waals surface area (Å²) in [5.74, 6) is 0.725. The Hall–Kier alpha value is -0.770. The van der Waals surface area contributed by atoms with Gasteiger partial charge in [-0.05, 0) is 49.9 Å². The molecule has 2 atom stereocenters. The molecule has 112 valence electrons. The summed E-state index contributed by atoms with van der Waals surface area (Å²) < 4.78 is 11.3. The fraction of sp³-hybridized carbons (Fsp3) is 0.625. The van der Waals surface area contributed by atoms with Gasteiger partial charge >= 0.3 is 0 Å². The number of benzene rings is 1. The Morgan fingerprint density at radius 1 is 1.45 bits per heavy atom. The highest BCUT2D eigenvalue weighted by molar-refractivity contribution is 6.32. The van der Waals surface area contributed by atoms with Gasteiger partial charge in [-0.1, -0.05) is 24.6 Å². The summed E-state index contributed by atoms with van der Waals surface area (Å²) in [5.41, 5.74) is 1.19. The van der Waals surface area contributed by atoms with Crippen molar-refractivity contribution in [2.24, 2.45) is 0 Å². The van der Waals surface area contributed by atoms with Crippen LogP contribution in [0.5, 0.6) is 5.75 Å². The van der Waals surface area contributed by atoms with Crippen LogP contribution in [0.3, 0.4) is 0 Å². The number of methoxy groups -OCH3 is 1. The predicted molar refractivity (Wildman–Crippen MR) is 82.6 cm³/mol. The van der Waals surface area contributed by atoms with Crippen LogP contribution >= 0.6 is 11.6 Å². The molecule has 3 nitrogen and oxygen atoms in total. The molecule has 20 heavy (non-hydrogen) atoms. The third-order valence-electron chi connectivity index (χ3n) is 3.74. The first-order valence-corrected chi connectivity index (χ1v) is 7.82. The third-order valence-corrected chi connectivity index (χ3v) is 4.05. The van der Waals surface area contributed by atoms with Crippen LogP contribution in [0.1, 0.15) is 44.2 Å². The van der Waals surface area contributed by atoms with Crippen molar-refractivity contribution in [1.82, 2.24) is 5.32 Å². The van der Waals surface area contributed by atoms with E-state index in [9.17, 15) is 0 Å². The molecule has 0 aliphatic carbocycles. The minimum absolute atomic E-state index is 0.210. The quantitative estimate of drug-likeness (QED) is 0.862. The number of rotatable bonds is 6. The molecule has 1 aliphatic heterocycles. The highest BCUT2D eigenvalue weighted by Gasteiger charge is 2.26. The van der Waals surface area contributed by atoms with E-state index >= 15 is 0 Å². The van der Waals surface area contributed by atoms with E-state index < -0.39 is 0 Å². The van der Waals surface area contributed by atoms with Crippen LogP contribution in [0.2, 0.25) is 5.02 Å². The first-order valence-electron chi connectivity index (χ1n) is 7.44. The van der Waals surface area contributed by atoms with Crippen LogP contribution < -0.4 is 10.1 Å². The van der Waals surface area contributed by atoms with Crippen LogP contribution in [0.25, 0.3) is 0 Å². The van der Waals surface area contributed by atoms with E-state index in [1.807, 2.05) is 12.1 Å². The van der Waals surface area contributed by atoms with Gasteiger partial charge in [0.1, 0.15) is 5.75 Å². The minimum atomic E-state index is 0.210. The SMILES string of the molecule is CCCNC(c1ccc(Cl)c(OC)c1)C1CCCCO1. The number of hydrogen-bond acceptors (Lipinski definition) is 3. The van der Waals surface area contributed by atoms with Crippen molar-refractivity contribution in [3.05, 3.63) is 28.8 Å². The lowest BCUT2D eigenvalue weighted by molar-refractivity contribution is -0.00818. The van der Waals surface area contributed by atoms with Gasteiger partial charge in [-0.25, -0.2) is 0 Å². The Balaban J connectivity index is 2.20. The molecule has 1 aliphatic rings. The second-order valence-electron chi connectivity index (χ2n) is 5.23. The second kappa shape index (κ2) is 7.87. The molecule has 4 heteroatoms. The zero-order valence-corrected chi connectivity index (χ0v) is 13.1. The van der Waals surface area contributed by atoms with Gasteiger partial charge in [-0.3, -0.25) is 0 Å². The Morgan fingerprint density at radius 3 is 2.95 bits per heavy atom. The first-order chi connectivity index (χ1) is 9.76. The van der Waals surface area contributed by atoms with Crippen LogP contribution in [0.4, 0.5) is 0 Å². The first kappa shape index (κ1) is 15.6. The Kier molecular flexibility index (Phi) is 6.14. The Labute approximate surface area is 126 Å². The minimum Gasteiger partial charge on any atom is -0.495 e. The van der Waals surface area contributed by atoms with Crippen LogP contribution in [0.15, 0.2) is 18.2 Å². The van der Waals surface area contributed by atoms with Crippen LogP contribution in [0, 0.1) is 0 Å². The summed E-state index contributed by atoms with van der Waals surface area (Å²) in [7, 11) is 1.65. The molecular formula is C16H24ClNO2. The topological polar surface area (TPSA) is 30.5 Å². The van der Waals surface area contributed by atoms with E-state index in [-0.39, 0.29) is 12.1 Å². The molecule has 2 unspecified atom stereocenters. The summed E-state index contributed by atoms with van der Waals surface area (Å²) in [5, 5.41) is 4.25. The fourth-order valence-electron chi connectivity index (χ4n) is 2.66. The van der Waals surface area contributed by atoms with Gasteiger partial charge in [0.15, 0.2) is 0 Å². The summed E-state index contributed by atoms with van der Waals surface area (Å²) in [6.07, 6.45) is 4.85. The van der Waals surface area contributed by atoms with E-state index in [0.717, 1.165) is 31.7 Å². The monoisotopic (exact) mass is 297 g/mol. The molecule has 0 radical (unpaired) electrons. The van der Waals surface area contributed by atoms with Gasteiger partial charge in [-0.15, -0.1) is 0 Å². The fourth-order valence-corrected chi connectivity index (χ4v) is 2.86. The molecular weight excluding hydrogens is 274 g/mol. The molecule has 1 N–H and O–H groups in total. The van der Waals surface area contributed by atoms with Crippen molar-refractivity contribution in [2.45, 2.75) is 44.8 Å². The van der Waals surface area contributed by atoms with Gasteiger partial charge in [-0.2, -0.15) is 0 Å². The maximum Gasteiger partial charge on any atom is 0.137 e. The molecule has 1 heterocycles. The summed E-state index contributed by atoms with van der Waals surface area (Å²) in [6.45, 7) is 4.02. The molecule has 0 amide bonds. The van der Waals surface area contributed by atoms with E-state index in [4.69, 9.17) is 21.1 Å². The summed E-state index contributed by atoms with van der Waals surface area (Å²) >= 11 is 6.11. The van der Waals surface area contributed by atoms with Crippen molar-refractivity contribution in [1.29, 1.82) is 0 Å². The van der Waals surface area contributed by atoms with Gasteiger partial charge in [0.05, 0.1) is 24.3 Å². The molecule has 2 rings (SSSR count). The number of halogens is 1. The number of hydrogen-bond donors (Lipinski definition) is 1. The third kappa shape index (κ3) is 3.87. The average Bonchev–Trinajstić information content (AvgIpc) is 2.50. The second-order valence-corrected chi connectivity index (χ2v) is 5.64. The van der Waals surface area contributed by atoms with Gasteiger partial charge in [0.25, 0.3) is 0 Å². The predicted octanol–water partition coefficient (Wildman–Crippen LogP) is 3.96. The van der Waals surface area contributed by atoms with Crippen molar-refractivity contribution >= 4 is 11.6 Å². The molecule has 0 aromatic heterocycles. The molecule has 1 fully saturated rings. The van der Waals surface area contributed by atoms with E-state index in [1.165, 1.54) is 18.4 Å². The number of ether oxygens (including phenoxy) is 2. The highest BCUT2D eigenvalue weighted by Crippen LogP contribution is 2.32. The van der Waals surface area contributed by atoms with Crippen molar-refractivity contribution < 1.29 is 9.47 Å². The molecule has 0 bridgehead atoms. The average molecular weight is 298 g/mol. The maximum absolute atomic E-state index is 6.11. The van der Waals surface area contributed by atoms with E-state index in [0.29, 0.717) is 5.02 Å². The largest absolute Gasteiger partial charge is 0.495 e. The van der Waals surface area contributed by atoms with Gasteiger partial charge < -0.3 is 14.8 Å².